The van der Waals surface area contributed by atoms with Gasteiger partial charge in [0.15, 0.2) is 0 Å². The van der Waals surface area contributed by atoms with Crippen LogP contribution in [0.5, 0.6) is 0 Å². The van der Waals surface area contributed by atoms with Crippen LogP contribution in [0.4, 0.5) is 0 Å². The molecule has 0 fully saturated rings. The summed E-state index contributed by atoms with van der Waals surface area (Å²) in [7, 11) is 0. The van der Waals surface area contributed by atoms with E-state index in [1.165, 1.54) is 44.9 Å². The van der Waals surface area contributed by atoms with Gasteiger partial charge in [0.1, 0.15) is 0 Å². The van der Waals surface area contributed by atoms with Crippen LogP contribution in [-0.4, -0.2) is 12.6 Å². The second kappa shape index (κ2) is 13.5. The van der Waals surface area contributed by atoms with Gasteiger partial charge in [0.05, 0.1) is 6.61 Å². The maximum absolute atomic E-state index is 11.3. The van der Waals surface area contributed by atoms with E-state index in [-0.39, 0.29) is 5.97 Å². The number of hydrogen-bond acceptors (Lipinski definition) is 2. The zero-order valence-corrected chi connectivity index (χ0v) is 11.8. The minimum atomic E-state index is -0.00494. The molecule has 0 heterocycles. The lowest BCUT2D eigenvalue weighted by Gasteiger charge is -2.04. The van der Waals surface area contributed by atoms with Gasteiger partial charge in [-0.3, -0.25) is 4.79 Å². The standard InChI is InChI=1S/C15H30O2/c1-3-5-7-8-9-10-11-13-15(16)17-14-12-6-4-2/h3-14H2,1-2H3. The van der Waals surface area contributed by atoms with E-state index in [1.807, 2.05) is 0 Å². The van der Waals surface area contributed by atoms with Crippen molar-refractivity contribution in [2.75, 3.05) is 6.61 Å². The monoisotopic (exact) mass is 242 g/mol. The molecule has 102 valence electrons. The van der Waals surface area contributed by atoms with Gasteiger partial charge in [0.25, 0.3) is 0 Å². The Morgan fingerprint density at radius 1 is 0.765 bits per heavy atom. The van der Waals surface area contributed by atoms with Gasteiger partial charge >= 0.3 is 5.97 Å². The van der Waals surface area contributed by atoms with Crippen LogP contribution in [0.25, 0.3) is 0 Å². The predicted octanol–water partition coefficient (Wildman–Crippen LogP) is 4.86. The fourth-order valence-electron chi connectivity index (χ4n) is 1.84. The molecule has 0 saturated carbocycles. The molecule has 0 bridgehead atoms. The first kappa shape index (κ1) is 16.5. The van der Waals surface area contributed by atoms with Crippen molar-refractivity contribution >= 4 is 5.97 Å². The van der Waals surface area contributed by atoms with Gasteiger partial charge in [0.2, 0.25) is 0 Å². The summed E-state index contributed by atoms with van der Waals surface area (Å²) in [5.74, 6) is -0.00494. The van der Waals surface area contributed by atoms with Crippen LogP contribution >= 0.6 is 0 Å². The van der Waals surface area contributed by atoms with Gasteiger partial charge in [-0.15, -0.1) is 0 Å². The number of unbranched alkanes of at least 4 members (excludes halogenated alkanes) is 8. The Morgan fingerprint density at radius 3 is 1.94 bits per heavy atom. The maximum Gasteiger partial charge on any atom is 0.305 e. The molecule has 0 aliphatic carbocycles. The summed E-state index contributed by atoms with van der Waals surface area (Å²) >= 11 is 0. The molecule has 2 nitrogen and oxygen atoms in total. The van der Waals surface area contributed by atoms with Crippen LogP contribution in [0.15, 0.2) is 0 Å². The van der Waals surface area contributed by atoms with E-state index >= 15 is 0 Å². The molecule has 2 heteroatoms. The van der Waals surface area contributed by atoms with Crippen molar-refractivity contribution in [2.45, 2.75) is 84.5 Å². The Labute approximate surface area is 107 Å². The van der Waals surface area contributed by atoms with Crippen molar-refractivity contribution in [3.05, 3.63) is 0 Å². The molecular weight excluding hydrogens is 212 g/mol. The van der Waals surface area contributed by atoms with Crippen molar-refractivity contribution < 1.29 is 9.53 Å². The first-order valence-corrected chi connectivity index (χ1v) is 7.46. The molecule has 17 heavy (non-hydrogen) atoms. The highest BCUT2D eigenvalue weighted by atomic mass is 16.5. The third-order valence-electron chi connectivity index (χ3n) is 3.00. The lowest BCUT2D eigenvalue weighted by atomic mass is 10.1. The van der Waals surface area contributed by atoms with E-state index in [9.17, 15) is 4.79 Å². The maximum atomic E-state index is 11.3. The number of carbonyl (C=O) groups excluding carboxylic acids is 1. The molecule has 0 aromatic carbocycles. The largest absolute Gasteiger partial charge is 0.466 e. The molecule has 0 aliphatic heterocycles. The van der Waals surface area contributed by atoms with Crippen LogP contribution in [-0.2, 0) is 9.53 Å². The molecule has 0 rings (SSSR count). The van der Waals surface area contributed by atoms with Crippen LogP contribution in [0.2, 0.25) is 0 Å². The molecule has 0 radical (unpaired) electrons. The van der Waals surface area contributed by atoms with E-state index in [4.69, 9.17) is 4.74 Å². The molecule has 0 spiro atoms. The second-order valence-electron chi connectivity index (χ2n) is 4.80. The molecule has 0 aromatic heterocycles. The highest BCUT2D eigenvalue weighted by Gasteiger charge is 2.01. The van der Waals surface area contributed by atoms with E-state index in [0.29, 0.717) is 13.0 Å². The van der Waals surface area contributed by atoms with Gasteiger partial charge in [-0.05, 0) is 12.8 Å². The van der Waals surface area contributed by atoms with E-state index in [0.717, 1.165) is 19.3 Å². The third kappa shape index (κ3) is 13.4. The van der Waals surface area contributed by atoms with Gasteiger partial charge in [-0.25, -0.2) is 0 Å². The quantitative estimate of drug-likeness (QED) is 0.361. The van der Waals surface area contributed by atoms with Crippen molar-refractivity contribution in [3.63, 3.8) is 0 Å². The summed E-state index contributed by atoms with van der Waals surface area (Å²) in [5, 5.41) is 0. The average molecular weight is 242 g/mol. The molecule has 0 aliphatic rings. The van der Waals surface area contributed by atoms with E-state index in [2.05, 4.69) is 13.8 Å². The van der Waals surface area contributed by atoms with Crippen molar-refractivity contribution in [1.82, 2.24) is 0 Å². The van der Waals surface area contributed by atoms with Crippen molar-refractivity contribution in [3.8, 4) is 0 Å². The number of hydrogen-bond donors (Lipinski definition) is 0. The Morgan fingerprint density at radius 2 is 1.29 bits per heavy atom. The summed E-state index contributed by atoms with van der Waals surface area (Å²) in [4.78, 5) is 11.3. The van der Waals surface area contributed by atoms with Gasteiger partial charge in [0, 0.05) is 6.42 Å². The van der Waals surface area contributed by atoms with Crippen molar-refractivity contribution in [1.29, 1.82) is 0 Å². The van der Waals surface area contributed by atoms with Crippen LogP contribution < -0.4 is 0 Å². The smallest absolute Gasteiger partial charge is 0.305 e. The van der Waals surface area contributed by atoms with Gasteiger partial charge in [-0.2, -0.15) is 0 Å². The number of rotatable bonds is 12. The zero-order valence-electron chi connectivity index (χ0n) is 11.8. The molecule has 0 aromatic rings. The van der Waals surface area contributed by atoms with Gasteiger partial charge in [-0.1, -0.05) is 65.2 Å². The summed E-state index contributed by atoms with van der Waals surface area (Å²) < 4.78 is 5.15. The molecule has 0 atom stereocenters. The topological polar surface area (TPSA) is 26.3 Å². The Hall–Kier alpha value is -0.530. The number of ether oxygens (including phenoxy) is 1. The average Bonchev–Trinajstić information content (AvgIpc) is 2.33. The fourth-order valence-corrected chi connectivity index (χ4v) is 1.84. The highest BCUT2D eigenvalue weighted by molar-refractivity contribution is 5.69. The summed E-state index contributed by atoms with van der Waals surface area (Å²) in [5.41, 5.74) is 0. The lowest BCUT2D eigenvalue weighted by molar-refractivity contribution is -0.143. The van der Waals surface area contributed by atoms with Crippen LogP contribution in [0.3, 0.4) is 0 Å². The number of esters is 1. The lowest BCUT2D eigenvalue weighted by Crippen LogP contribution is -2.05. The highest BCUT2D eigenvalue weighted by Crippen LogP contribution is 2.08. The predicted molar refractivity (Wildman–Crippen MR) is 73.1 cm³/mol. The first-order valence-electron chi connectivity index (χ1n) is 7.46. The van der Waals surface area contributed by atoms with Crippen LogP contribution in [0.1, 0.15) is 84.5 Å². The Balaban J connectivity index is 3.11. The minimum absolute atomic E-state index is 0.00494. The minimum Gasteiger partial charge on any atom is -0.466 e. The van der Waals surface area contributed by atoms with E-state index in [1.54, 1.807) is 0 Å². The van der Waals surface area contributed by atoms with Crippen molar-refractivity contribution in [2.24, 2.45) is 0 Å². The van der Waals surface area contributed by atoms with Gasteiger partial charge < -0.3 is 4.74 Å². The Kier molecular flexibility index (Phi) is 13.1. The Bertz CT molecular complexity index is 166. The fraction of sp³-hybridized carbons (Fsp3) is 0.933. The summed E-state index contributed by atoms with van der Waals surface area (Å²) in [6.07, 6.45) is 12.7. The third-order valence-corrected chi connectivity index (χ3v) is 3.00. The molecular formula is C15H30O2. The normalized spacial score (nSPS) is 10.5. The first-order chi connectivity index (χ1) is 8.31. The van der Waals surface area contributed by atoms with Crippen LogP contribution in [0, 0.1) is 0 Å². The van der Waals surface area contributed by atoms with E-state index < -0.39 is 0 Å². The summed E-state index contributed by atoms with van der Waals surface area (Å²) in [6.45, 7) is 5.00. The molecule has 0 amide bonds. The zero-order chi connectivity index (χ0) is 12.8. The molecule has 0 saturated heterocycles. The molecule has 0 unspecified atom stereocenters. The number of carbonyl (C=O) groups is 1. The second-order valence-corrected chi connectivity index (χ2v) is 4.80. The molecule has 0 N–H and O–H groups in total. The summed E-state index contributed by atoms with van der Waals surface area (Å²) in [6, 6.07) is 0. The SMILES string of the molecule is CCCCCCCCCC(=O)OCCCCC.